The maximum absolute atomic E-state index is 11.3. The number of hydrogen-bond acceptors (Lipinski definition) is 4. The molecule has 1 aromatic heterocycles. The lowest BCUT2D eigenvalue weighted by Crippen LogP contribution is -2.26. The summed E-state index contributed by atoms with van der Waals surface area (Å²) in [6.07, 6.45) is 1.02. The van der Waals surface area contributed by atoms with Gasteiger partial charge in [-0.15, -0.1) is 5.10 Å². The number of carboxylic acid groups (broad SMARTS) is 1. The number of nitrogens with one attached hydrogen (secondary N) is 1. The predicted molar refractivity (Wildman–Crippen MR) is 71.0 cm³/mol. The average molecular weight is 251 g/mol. The van der Waals surface area contributed by atoms with Gasteiger partial charge in [-0.2, -0.15) is 5.10 Å². The zero-order valence-corrected chi connectivity index (χ0v) is 11.6. The maximum atomic E-state index is 11.3. The van der Waals surface area contributed by atoms with E-state index < -0.39 is 5.97 Å². The zero-order chi connectivity index (χ0) is 13.9. The molecule has 100 valence electrons. The lowest BCUT2D eigenvalue weighted by atomic mass is 10.0. The summed E-state index contributed by atoms with van der Waals surface area (Å²) in [7, 11) is 0. The minimum atomic E-state index is -0.968. The molecule has 0 aliphatic heterocycles. The molecule has 1 rings (SSSR count). The Morgan fingerprint density at radius 3 is 2.44 bits per heavy atom. The van der Waals surface area contributed by atoms with Crippen LogP contribution in [0.4, 0.5) is 5.82 Å². The van der Waals surface area contributed by atoms with Crippen LogP contribution in [0.5, 0.6) is 0 Å². The smallest absolute Gasteiger partial charge is 0.339 e. The molecule has 0 aliphatic carbocycles. The maximum Gasteiger partial charge on any atom is 0.339 e. The summed E-state index contributed by atoms with van der Waals surface area (Å²) in [5.74, 6) is -0.169. The molecule has 0 amide bonds. The molecular formula is C13H21N3O2. The van der Waals surface area contributed by atoms with Crippen LogP contribution in [0.3, 0.4) is 0 Å². The van der Waals surface area contributed by atoms with Crippen LogP contribution in [0, 0.1) is 19.8 Å². The summed E-state index contributed by atoms with van der Waals surface area (Å²) in [5.41, 5.74) is 1.53. The van der Waals surface area contributed by atoms with Crippen LogP contribution in [0.1, 0.15) is 48.8 Å². The lowest BCUT2D eigenvalue weighted by Gasteiger charge is -2.21. The van der Waals surface area contributed by atoms with Gasteiger partial charge < -0.3 is 10.4 Å². The van der Waals surface area contributed by atoms with Crippen LogP contribution in [-0.2, 0) is 0 Å². The Kier molecular flexibility index (Phi) is 4.64. The molecule has 1 heterocycles. The van der Waals surface area contributed by atoms with Gasteiger partial charge in [0.25, 0.3) is 0 Å². The van der Waals surface area contributed by atoms with E-state index in [9.17, 15) is 9.90 Å². The first kappa shape index (κ1) is 14.4. The molecule has 0 spiro atoms. The topological polar surface area (TPSA) is 75.1 Å². The summed E-state index contributed by atoms with van der Waals surface area (Å²) >= 11 is 0. The number of carboxylic acids is 1. The van der Waals surface area contributed by atoms with Crippen LogP contribution in [0.2, 0.25) is 0 Å². The number of anilines is 1. The van der Waals surface area contributed by atoms with Gasteiger partial charge in [0.05, 0.1) is 5.69 Å². The third-order valence-electron chi connectivity index (χ3n) is 3.53. The van der Waals surface area contributed by atoms with Crippen molar-refractivity contribution in [2.24, 2.45) is 5.92 Å². The third kappa shape index (κ3) is 2.97. The quantitative estimate of drug-likeness (QED) is 0.841. The van der Waals surface area contributed by atoms with Crippen molar-refractivity contribution in [3.05, 3.63) is 16.8 Å². The molecule has 5 heteroatoms. The van der Waals surface area contributed by atoms with Crippen molar-refractivity contribution in [3.8, 4) is 0 Å². The van der Waals surface area contributed by atoms with Crippen LogP contribution in [0.15, 0.2) is 0 Å². The standard InChI is InChI=1S/C13H21N3O2/c1-6-7(2)9(4)14-12-11(13(17)18)8(3)10(5)15-16-12/h7,9H,6H2,1-5H3,(H,14,16)(H,17,18). The van der Waals surface area contributed by atoms with Gasteiger partial charge in [-0.25, -0.2) is 4.79 Å². The van der Waals surface area contributed by atoms with Gasteiger partial charge in [-0.1, -0.05) is 20.3 Å². The van der Waals surface area contributed by atoms with E-state index in [0.717, 1.165) is 6.42 Å². The molecule has 18 heavy (non-hydrogen) atoms. The van der Waals surface area contributed by atoms with E-state index in [4.69, 9.17) is 0 Å². The van der Waals surface area contributed by atoms with Crippen LogP contribution in [-0.4, -0.2) is 27.3 Å². The Morgan fingerprint density at radius 2 is 1.94 bits per heavy atom. The van der Waals surface area contributed by atoms with Crippen molar-refractivity contribution in [3.63, 3.8) is 0 Å². The summed E-state index contributed by atoms with van der Waals surface area (Å²) in [5, 5.41) is 20.4. The van der Waals surface area contributed by atoms with E-state index in [1.165, 1.54) is 0 Å². The van der Waals surface area contributed by atoms with Crippen LogP contribution >= 0.6 is 0 Å². The molecule has 0 bridgehead atoms. The molecule has 2 atom stereocenters. The first-order valence-corrected chi connectivity index (χ1v) is 6.22. The fraction of sp³-hybridized carbons (Fsp3) is 0.615. The normalized spacial score (nSPS) is 14.1. The molecular weight excluding hydrogens is 230 g/mol. The molecule has 1 aromatic rings. The summed E-state index contributed by atoms with van der Waals surface area (Å²) in [4.78, 5) is 11.3. The summed E-state index contributed by atoms with van der Waals surface area (Å²) in [6.45, 7) is 9.76. The number of aryl methyl sites for hydroxylation is 1. The Bertz CT molecular complexity index is 446. The highest BCUT2D eigenvalue weighted by Crippen LogP contribution is 2.21. The summed E-state index contributed by atoms with van der Waals surface area (Å²) in [6, 6.07) is 0.157. The minimum absolute atomic E-state index is 0.157. The lowest BCUT2D eigenvalue weighted by molar-refractivity contribution is 0.0696. The molecule has 0 aliphatic rings. The van der Waals surface area contributed by atoms with E-state index >= 15 is 0 Å². The van der Waals surface area contributed by atoms with Gasteiger partial charge in [0.1, 0.15) is 5.56 Å². The molecule has 0 saturated carbocycles. The second-order valence-corrected chi connectivity index (χ2v) is 4.76. The molecule has 5 nitrogen and oxygen atoms in total. The van der Waals surface area contributed by atoms with E-state index in [1.54, 1.807) is 13.8 Å². The van der Waals surface area contributed by atoms with Gasteiger partial charge in [0.2, 0.25) is 0 Å². The molecule has 0 aromatic carbocycles. The molecule has 2 unspecified atom stereocenters. The highest BCUT2D eigenvalue weighted by atomic mass is 16.4. The van der Waals surface area contributed by atoms with E-state index in [-0.39, 0.29) is 11.6 Å². The second kappa shape index (κ2) is 5.80. The number of aromatic nitrogens is 2. The number of carbonyl (C=O) groups is 1. The molecule has 0 fully saturated rings. The van der Waals surface area contributed by atoms with Crippen molar-refractivity contribution in [1.82, 2.24) is 10.2 Å². The highest BCUT2D eigenvalue weighted by Gasteiger charge is 2.20. The van der Waals surface area contributed by atoms with Gasteiger partial charge in [-0.05, 0) is 32.3 Å². The van der Waals surface area contributed by atoms with Crippen molar-refractivity contribution in [2.75, 3.05) is 5.32 Å². The van der Waals surface area contributed by atoms with Crippen molar-refractivity contribution < 1.29 is 9.90 Å². The first-order chi connectivity index (χ1) is 8.38. The Labute approximate surface area is 108 Å². The molecule has 0 radical (unpaired) electrons. The van der Waals surface area contributed by atoms with Gasteiger partial charge in [0, 0.05) is 6.04 Å². The fourth-order valence-corrected chi connectivity index (χ4v) is 1.68. The fourth-order valence-electron chi connectivity index (χ4n) is 1.68. The van der Waals surface area contributed by atoms with E-state index in [1.807, 2.05) is 6.92 Å². The molecule has 2 N–H and O–H groups in total. The van der Waals surface area contributed by atoms with Crippen molar-refractivity contribution in [1.29, 1.82) is 0 Å². The summed E-state index contributed by atoms with van der Waals surface area (Å²) < 4.78 is 0. The Balaban J connectivity index is 3.10. The SMILES string of the molecule is CCC(C)C(C)Nc1nnc(C)c(C)c1C(=O)O. The number of aromatic carboxylic acids is 1. The van der Waals surface area contributed by atoms with Crippen molar-refractivity contribution in [2.45, 2.75) is 47.1 Å². The zero-order valence-electron chi connectivity index (χ0n) is 11.6. The minimum Gasteiger partial charge on any atom is -0.478 e. The second-order valence-electron chi connectivity index (χ2n) is 4.76. The first-order valence-electron chi connectivity index (χ1n) is 6.22. The number of rotatable bonds is 5. The van der Waals surface area contributed by atoms with Gasteiger partial charge in [-0.3, -0.25) is 0 Å². The van der Waals surface area contributed by atoms with Crippen LogP contribution < -0.4 is 5.32 Å². The van der Waals surface area contributed by atoms with E-state index in [2.05, 4.69) is 29.4 Å². The third-order valence-corrected chi connectivity index (χ3v) is 3.53. The Hall–Kier alpha value is -1.65. The monoisotopic (exact) mass is 251 g/mol. The van der Waals surface area contributed by atoms with Crippen LogP contribution in [0.25, 0.3) is 0 Å². The molecule has 0 saturated heterocycles. The number of nitrogens with zero attached hydrogens (tertiary/aromatic N) is 2. The number of hydrogen-bond donors (Lipinski definition) is 2. The van der Waals surface area contributed by atoms with E-state index in [0.29, 0.717) is 23.0 Å². The average Bonchev–Trinajstić information content (AvgIpc) is 2.32. The largest absolute Gasteiger partial charge is 0.478 e. The Morgan fingerprint density at radius 1 is 1.33 bits per heavy atom. The van der Waals surface area contributed by atoms with Gasteiger partial charge >= 0.3 is 5.97 Å². The highest BCUT2D eigenvalue weighted by molar-refractivity contribution is 5.94. The predicted octanol–water partition coefficient (Wildman–Crippen LogP) is 2.64. The van der Waals surface area contributed by atoms with Crippen molar-refractivity contribution >= 4 is 11.8 Å². The van der Waals surface area contributed by atoms with Gasteiger partial charge in [0.15, 0.2) is 5.82 Å².